The minimum Gasteiger partial charge on any atom is -0.466 e. The van der Waals surface area contributed by atoms with Gasteiger partial charge in [-0.15, -0.1) is 0 Å². The molecule has 0 radical (unpaired) electrons. The highest BCUT2D eigenvalue weighted by Crippen LogP contribution is 2.17. The van der Waals surface area contributed by atoms with Gasteiger partial charge in [0.05, 0.1) is 25.4 Å². The van der Waals surface area contributed by atoms with Crippen LogP contribution in [0, 0.1) is 0 Å². The Hall–Kier alpha value is -1.92. The lowest BCUT2D eigenvalue weighted by Crippen LogP contribution is -2.45. The van der Waals surface area contributed by atoms with Crippen LogP contribution >= 0.6 is 0 Å². The number of carbonyl (C=O) groups is 2. The lowest BCUT2D eigenvalue weighted by atomic mass is 10.0. The average molecular weight is 943 g/mol. The maximum Gasteiger partial charge on any atom is 0.305 e. The van der Waals surface area contributed by atoms with Crippen LogP contribution in [-0.4, -0.2) is 47.4 Å². The second-order valence-electron chi connectivity index (χ2n) is 20.3. The lowest BCUT2D eigenvalue weighted by Gasteiger charge is -2.22. The monoisotopic (exact) mass is 942 g/mol. The van der Waals surface area contributed by atoms with Crippen molar-refractivity contribution >= 4 is 11.9 Å². The smallest absolute Gasteiger partial charge is 0.305 e. The normalized spacial score (nSPS) is 12.8. The molecule has 6 heteroatoms. The van der Waals surface area contributed by atoms with E-state index in [2.05, 4.69) is 55.6 Å². The lowest BCUT2D eigenvalue weighted by molar-refractivity contribution is -0.143. The third-order valence-electron chi connectivity index (χ3n) is 13.7. The van der Waals surface area contributed by atoms with Gasteiger partial charge in [-0.05, 0) is 83.5 Å². The zero-order chi connectivity index (χ0) is 48.6. The molecule has 0 aromatic rings. The van der Waals surface area contributed by atoms with E-state index in [-0.39, 0.29) is 18.5 Å². The zero-order valence-corrected chi connectivity index (χ0v) is 44.9. The van der Waals surface area contributed by atoms with Crippen LogP contribution in [0.5, 0.6) is 0 Å². The van der Waals surface area contributed by atoms with E-state index in [1.54, 1.807) is 0 Å². The molecule has 2 atom stereocenters. The number of aliphatic hydroxyl groups is 2. The van der Waals surface area contributed by atoms with Crippen molar-refractivity contribution in [2.24, 2.45) is 0 Å². The van der Waals surface area contributed by atoms with Crippen LogP contribution in [0.3, 0.4) is 0 Å². The van der Waals surface area contributed by atoms with Crippen LogP contribution in [-0.2, 0) is 14.3 Å². The van der Waals surface area contributed by atoms with Crippen LogP contribution < -0.4 is 5.32 Å². The van der Waals surface area contributed by atoms with Gasteiger partial charge >= 0.3 is 5.97 Å². The maximum absolute atomic E-state index is 12.5. The molecule has 0 aliphatic rings. The quantitative estimate of drug-likeness (QED) is 0.0321. The molecule has 0 saturated carbocycles. The molecule has 0 aliphatic heterocycles. The fourth-order valence-electron chi connectivity index (χ4n) is 9.08. The Balaban J connectivity index is 3.48. The van der Waals surface area contributed by atoms with Gasteiger partial charge in [-0.3, -0.25) is 9.59 Å². The van der Waals surface area contributed by atoms with Crippen molar-refractivity contribution in [1.82, 2.24) is 5.32 Å². The molecule has 0 bridgehead atoms. The third kappa shape index (κ3) is 53.3. The van der Waals surface area contributed by atoms with E-state index in [0.29, 0.717) is 25.9 Å². The Kier molecular flexibility index (Phi) is 55.0. The van der Waals surface area contributed by atoms with E-state index in [1.165, 1.54) is 212 Å². The van der Waals surface area contributed by atoms with Crippen LogP contribution in [0.25, 0.3) is 0 Å². The minimum atomic E-state index is -0.676. The first kappa shape index (κ1) is 65.1. The summed E-state index contributed by atoms with van der Waals surface area (Å²) in [6, 6.07) is -0.555. The summed E-state index contributed by atoms with van der Waals surface area (Å²) in [4.78, 5) is 24.5. The van der Waals surface area contributed by atoms with Crippen LogP contribution in [0.2, 0.25) is 0 Å². The SMILES string of the molecule is CCCCCC/C=C\C/C=C\CCCCCCCC(=O)OCCCCCCCCC/C=C\CCCCCCCC(=O)NC(CO)C(O)CCCCCCCCCCCCCCCCCCCC. The van der Waals surface area contributed by atoms with Gasteiger partial charge in [0, 0.05) is 12.8 Å². The van der Waals surface area contributed by atoms with Crippen molar-refractivity contribution in [2.45, 2.75) is 328 Å². The second-order valence-corrected chi connectivity index (χ2v) is 20.3. The van der Waals surface area contributed by atoms with Crippen LogP contribution in [0.1, 0.15) is 316 Å². The minimum absolute atomic E-state index is 0.0161. The number of unbranched alkanes of at least 4 members (excludes halogenated alkanes) is 38. The Morgan fingerprint density at radius 2 is 0.746 bits per heavy atom. The van der Waals surface area contributed by atoms with Gasteiger partial charge in [0.15, 0.2) is 0 Å². The van der Waals surface area contributed by atoms with E-state index >= 15 is 0 Å². The Labute approximate surface area is 417 Å². The highest BCUT2D eigenvalue weighted by molar-refractivity contribution is 5.76. The molecular weight excluding hydrogens is 827 g/mol. The standard InChI is InChI=1S/C61H115NO5/c1-3-5-7-9-11-13-15-17-19-21-22-25-29-33-37-41-45-49-53-59(64)58(57-63)62-60(65)54-50-46-42-38-34-30-26-23-24-28-32-36-40-44-48-52-56-67-61(66)55-51-47-43-39-35-31-27-20-18-16-14-12-10-8-6-4-2/h14,16,20,23,26-27,58-59,63-64H,3-13,15,17-19,21-22,24-25,28-57H2,1-2H3,(H,62,65)/b16-14-,26-23-,27-20-. The predicted octanol–water partition coefficient (Wildman–Crippen LogP) is 18.4. The summed E-state index contributed by atoms with van der Waals surface area (Å²) in [7, 11) is 0. The molecule has 3 N–H and O–H groups in total. The van der Waals surface area contributed by atoms with Gasteiger partial charge in [-0.2, -0.15) is 0 Å². The molecule has 0 heterocycles. The summed E-state index contributed by atoms with van der Waals surface area (Å²) >= 11 is 0. The molecule has 0 saturated heterocycles. The molecule has 0 rings (SSSR count). The van der Waals surface area contributed by atoms with E-state index in [9.17, 15) is 19.8 Å². The number of aliphatic hydroxyl groups excluding tert-OH is 2. The van der Waals surface area contributed by atoms with E-state index in [1.807, 2.05) is 0 Å². The molecule has 394 valence electrons. The maximum atomic E-state index is 12.5. The van der Waals surface area contributed by atoms with E-state index in [4.69, 9.17) is 4.74 Å². The molecular formula is C61H115NO5. The largest absolute Gasteiger partial charge is 0.466 e. The fraction of sp³-hybridized carbons (Fsp3) is 0.869. The number of nitrogens with one attached hydrogen (secondary N) is 1. The Bertz CT molecular complexity index is 1090. The van der Waals surface area contributed by atoms with Crippen molar-refractivity contribution in [3.05, 3.63) is 36.5 Å². The molecule has 1 amide bonds. The number of rotatable bonds is 55. The van der Waals surface area contributed by atoms with Crippen molar-refractivity contribution in [2.75, 3.05) is 13.2 Å². The van der Waals surface area contributed by atoms with Gasteiger partial charge < -0.3 is 20.3 Å². The number of esters is 1. The molecule has 67 heavy (non-hydrogen) atoms. The highest BCUT2D eigenvalue weighted by atomic mass is 16.5. The van der Waals surface area contributed by atoms with Gasteiger partial charge in [0.2, 0.25) is 5.91 Å². The summed E-state index contributed by atoms with van der Waals surface area (Å²) in [6.45, 7) is 4.92. The molecule has 6 nitrogen and oxygen atoms in total. The van der Waals surface area contributed by atoms with Crippen LogP contribution in [0.4, 0.5) is 0 Å². The summed E-state index contributed by atoms with van der Waals surface area (Å²) in [5, 5.41) is 23.3. The zero-order valence-electron chi connectivity index (χ0n) is 44.9. The first-order chi connectivity index (χ1) is 33.0. The third-order valence-corrected chi connectivity index (χ3v) is 13.7. The fourth-order valence-corrected chi connectivity index (χ4v) is 9.08. The number of hydrogen-bond acceptors (Lipinski definition) is 5. The summed E-state index contributed by atoms with van der Waals surface area (Å²) < 4.78 is 5.47. The molecule has 0 aromatic carbocycles. The van der Waals surface area contributed by atoms with E-state index < -0.39 is 12.1 Å². The Morgan fingerprint density at radius 1 is 0.418 bits per heavy atom. The van der Waals surface area contributed by atoms with Crippen molar-refractivity contribution in [3.63, 3.8) is 0 Å². The second kappa shape index (κ2) is 56.7. The Morgan fingerprint density at radius 3 is 1.16 bits per heavy atom. The molecule has 0 aliphatic carbocycles. The number of carbonyl (C=O) groups excluding carboxylic acids is 2. The van der Waals surface area contributed by atoms with Gasteiger partial charge in [0.1, 0.15) is 0 Å². The molecule has 0 aromatic heterocycles. The highest BCUT2D eigenvalue weighted by Gasteiger charge is 2.20. The molecule has 2 unspecified atom stereocenters. The molecule has 0 spiro atoms. The predicted molar refractivity (Wildman–Crippen MR) is 292 cm³/mol. The number of hydrogen-bond donors (Lipinski definition) is 3. The topological polar surface area (TPSA) is 95.9 Å². The van der Waals surface area contributed by atoms with Gasteiger partial charge in [-0.1, -0.05) is 256 Å². The van der Waals surface area contributed by atoms with Gasteiger partial charge in [-0.25, -0.2) is 0 Å². The summed E-state index contributed by atoms with van der Waals surface area (Å²) in [6.07, 6.45) is 69.9. The van der Waals surface area contributed by atoms with E-state index in [0.717, 1.165) is 70.6 Å². The first-order valence-electron chi connectivity index (χ1n) is 29.7. The number of allylic oxidation sites excluding steroid dienone is 6. The van der Waals surface area contributed by atoms with Crippen molar-refractivity contribution in [3.8, 4) is 0 Å². The number of ether oxygens (including phenoxy) is 1. The van der Waals surface area contributed by atoms with Crippen molar-refractivity contribution in [1.29, 1.82) is 0 Å². The summed E-state index contributed by atoms with van der Waals surface area (Å²) in [5.41, 5.74) is 0. The number of amides is 1. The molecule has 0 fully saturated rings. The first-order valence-corrected chi connectivity index (χ1v) is 29.7. The van der Waals surface area contributed by atoms with Gasteiger partial charge in [0.25, 0.3) is 0 Å². The van der Waals surface area contributed by atoms with Crippen molar-refractivity contribution < 1.29 is 24.5 Å². The summed E-state index contributed by atoms with van der Waals surface area (Å²) in [5.74, 6) is -0.0670. The van der Waals surface area contributed by atoms with Crippen LogP contribution in [0.15, 0.2) is 36.5 Å². The average Bonchev–Trinajstić information content (AvgIpc) is 3.33.